The molecule has 0 N–H and O–H groups in total. The van der Waals surface area contributed by atoms with Crippen LogP contribution in [0.1, 0.15) is 30.8 Å². The third-order valence-corrected chi connectivity index (χ3v) is 5.09. The standard InChI is InChI=1S/C20H24N6O/c1-20(2)9-18-15(10-23-26(18)16-4-6-21-7-5-16)12-25(13-20)19(27)8-17-11-22-14-24(17)3/h4-7,10-11,14H,8-9,12-13H2,1-3H3. The van der Waals surface area contributed by atoms with E-state index in [-0.39, 0.29) is 11.3 Å². The zero-order valence-electron chi connectivity index (χ0n) is 16.0. The number of aromatic nitrogens is 5. The Hall–Kier alpha value is -2.96. The van der Waals surface area contributed by atoms with Gasteiger partial charge in [-0.2, -0.15) is 5.10 Å². The largest absolute Gasteiger partial charge is 0.337 e. The first kappa shape index (κ1) is 17.5. The quantitative estimate of drug-likeness (QED) is 0.714. The summed E-state index contributed by atoms with van der Waals surface area (Å²) < 4.78 is 3.88. The summed E-state index contributed by atoms with van der Waals surface area (Å²) in [6.45, 7) is 5.71. The summed E-state index contributed by atoms with van der Waals surface area (Å²) in [6.07, 6.45) is 10.1. The molecule has 0 aliphatic carbocycles. The molecule has 0 spiro atoms. The van der Waals surface area contributed by atoms with Crippen LogP contribution in [0.5, 0.6) is 0 Å². The second-order valence-corrected chi connectivity index (χ2v) is 8.00. The van der Waals surface area contributed by atoms with E-state index < -0.39 is 0 Å². The Morgan fingerprint density at radius 3 is 2.67 bits per heavy atom. The van der Waals surface area contributed by atoms with Gasteiger partial charge in [0.15, 0.2) is 0 Å². The topological polar surface area (TPSA) is 68.8 Å². The fourth-order valence-electron chi connectivity index (χ4n) is 3.72. The zero-order valence-corrected chi connectivity index (χ0v) is 16.0. The van der Waals surface area contributed by atoms with Gasteiger partial charge >= 0.3 is 0 Å². The molecule has 7 heteroatoms. The number of fused-ring (bicyclic) bond motifs is 1. The van der Waals surface area contributed by atoms with Crippen molar-refractivity contribution >= 4 is 5.91 Å². The third-order valence-electron chi connectivity index (χ3n) is 5.09. The molecule has 3 aromatic heterocycles. The Balaban J connectivity index is 1.64. The lowest BCUT2D eigenvalue weighted by atomic mass is 9.87. The van der Waals surface area contributed by atoms with E-state index in [1.165, 1.54) is 5.69 Å². The van der Waals surface area contributed by atoms with Crippen molar-refractivity contribution in [2.75, 3.05) is 6.54 Å². The fraction of sp³-hybridized carbons (Fsp3) is 0.400. The summed E-state index contributed by atoms with van der Waals surface area (Å²) in [5.41, 5.74) is 4.15. The summed E-state index contributed by atoms with van der Waals surface area (Å²) >= 11 is 0. The van der Waals surface area contributed by atoms with Crippen molar-refractivity contribution in [1.29, 1.82) is 0 Å². The van der Waals surface area contributed by atoms with Gasteiger partial charge in [0.2, 0.25) is 5.91 Å². The maximum Gasteiger partial charge on any atom is 0.228 e. The number of amides is 1. The minimum absolute atomic E-state index is 0.0435. The SMILES string of the molecule is Cn1cncc1CC(=O)N1Cc2cnn(-c3ccncc3)c2CC(C)(C)C1. The molecule has 0 fully saturated rings. The molecule has 0 saturated carbocycles. The highest BCUT2D eigenvalue weighted by molar-refractivity contribution is 5.78. The van der Waals surface area contributed by atoms with E-state index in [1.807, 2.05) is 39.5 Å². The summed E-state index contributed by atoms with van der Waals surface area (Å²) in [5, 5.41) is 4.60. The lowest BCUT2D eigenvalue weighted by Crippen LogP contribution is -2.38. The summed E-state index contributed by atoms with van der Waals surface area (Å²) in [4.78, 5) is 23.2. The maximum absolute atomic E-state index is 13.0. The van der Waals surface area contributed by atoms with E-state index in [9.17, 15) is 4.79 Å². The monoisotopic (exact) mass is 364 g/mol. The second-order valence-electron chi connectivity index (χ2n) is 8.00. The number of pyridine rings is 1. The molecule has 0 aromatic carbocycles. The van der Waals surface area contributed by atoms with Crippen LogP contribution in [0.15, 0.2) is 43.2 Å². The molecule has 7 nitrogen and oxygen atoms in total. The molecule has 0 unspecified atom stereocenters. The number of imidazole rings is 1. The first-order valence-electron chi connectivity index (χ1n) is 9.12. The van der Waals surface area contributed by atoms with Gasteiger partial charge in [0.05, 0.1) is 24.6 Å². The van der Waals surface area contributed by atoms with Gasteiger partial charge in [0, 0.05) is 55.7 Å². The number of hydrogen-bond donors (Lipinski definition) is 0. The minimum atomic E-state index is -0.0435. The van der Waals surface area contributed by atoms with E-state index >= 15 is 0 Å². The Bertz CT molecular complexity index is 956. The van der Waals surface area contributed by atoms with Gasteiger partial charge in [0.1, 0.15) is 0 Å². The van der Waals surface area contributed by atoms with E-state index in [0.29, 0.717) is 19.5 Å². The van der Waals surface area contributed by atoms with Gasteiger partial charge in [-0.25, -0.2) is 9.67 Å². The van der Waals surface area contributed by atoms with Gasteiger partial charge in [-0.15, -0.1) is 0 Å². The van der Waals surface area contributed by atoms with Gasteiger partial charge < -0.3 is 9.47 Å². The zero-order chi connectivity index (χ0) is 19.0. The number of nitrogens with zero attached hydrogens (tertiary/aromatic N) is 6. The molecule has 1 amide bonds. The number of carbonyl (C=O) groups excluding carboxylic acids is 1. The van der Waals surface area contributed by atoms with E-state index in [1.54, 1.807) is 24.9 Å². The number of rotatable bonds is 3. The molecular weight excluding hydrogens is 340 g/mol. The van der Waals surface area contributed by atoms with Crippen LogP contribution in [-0.4, -0.2) is 41.7 Å². The number of carbonyl (C=O) groups is 1. The summed E-state index contributed by atoms with van der Waals surface area (Å²) in [7, 11) is 1.92. The molecule has 1 aliphatic heterocycles. The van der Waals surface area contributed by atoms with Gasteiger partial charge in [-0.1, -0.05) is 13.8 Å². The number of hydrogen-bond acceptors (Lipinski definition) is 4. The Morgan fingerprint density at radius 1 is 1.19 bits per heavy atom. The van der Waals surface area contributed by atoms with Crippen LogP contribution in [0, 0.1) is 5.41 Å². The molecule has 0 bridgehead atoms. The van der Waals surface area contributed by atoms with Crippen LogP contribution >= 0.6 is 0 Å². The highest BCUT2D eigenvalue weighted by atomic mass is 16.2. The predicted molar refractivity (Wildman–Crippen MR) is 101 cm³/mol. The smallest absolute Gasteiger partial charge is 0.228 e. The maximum atomic E-state index is 13.0. The minimum Gasteiger partial charge on any atom is -0.337 e. The Labute approximate surface area is 158 Å². The molecule has 0 radical (unpaired) electrons. The highest BCUT2D eigenvalue weighted by Gasteiger charge is 2.32. The van der Waals surface area contributed by atoms with E-state index in [4.69, 9.17) is 0 Å². The van der Waals surface area contributed by atoms with Crippen molar-refractivity contribution in [2.24, 2.45) is 12.5 Å². The normalized spacial score (nSPS) is 16.0. The van der Waals surface area contributed by atoms with Crippen molar-refractivity contribution < 1.29 is 4.79 Å². The van der Waals surface area contributed by atoms with Gasteiger partial charge in [0.25, 0.3) is 0 Å². The van der Waals surface area contributed by atoms with Crippen LogP contribution in [0.3, 0.4) is 0 Å². The van der Waals surface area contributed by atoms with Crippen molar-refractivity contribution in [3.8, 4) is 5.69 Å². The van der Waals surface area contributed by atoms with Crippen LogP contribution in [-0.2, 0) is 31.2 Å². The number of aryl methyl sites for hydroxylation is 1. The Kier molecular flexibility index (Phi) is 4.30. The van der Waals surface area contributed by atoms with Crippen LogP contribution in [0.2, 0.25) is 0 Å². The lowest BCUT2D eigenvalue weighted by molar-refractivity contribution is -0.132. The van der Waals surface area contributed by atoms with E-state index in [2.05, 4.69) is 28.9 Å². The van der Waals surface area contributed by atoms with Crippen LogP contribution in [0.25, 0.3) is 5.69 Å². The Morgan fingerprint density at radius 2 is 1.96 bits per heavy atom. The third kappa shape index (κ3) is 3.49. The molecule has 4 heterocycles. The van der Waals surface area contributed by atoms with Crippen molar-refractivity contribution in [3.63, 3.8) is 0 Å². The summed E-state index contributed by atoms with van der Waals surface area (Å²) in [5.74, 6) is 0.121. The first-order chi connectivity index (χ1) is 12.9. The van der Waals surface area contributed by atoms with Crippen molar-refractivity contribution in [2.45, 2.75) is 33.2 Å². The van der Waals surface area contributed by atoms with Crippen LogP contribution < -0.4 is 0 Å². The fourth-order valence-corrected chi connectivity index (χ4v) is 3.72. The van der Waals surface area contributed by atoms with Gasteiger partial charge in [-0.05, 0) is 24.0 Å². The average Bonchev–Trinajstić information content (AvgIpc) is 3.17. The molecule has 140 valence electrons. The first-order valence-corrected chi connectivity index (χ1v) is 9.12. The van der Waals surface area contributed by atoms with E-state index in [0.717, 1.165) is 23.4 Å². The van der Waals surface area contributed by atoms with Crippen molar-refractivity contribution in [3.05, 3.63) is 60.2 Å². The molecule has 1 aliphatic rings. The molecule has 4 rings (SSSR count). The molecule has 0 atom stereocenters. The molecule has 27 heavy (non-hydrogen) atoms. The van der Waals surface area contributed by atoms with Crippen LogP contribution in [0.4, 0.5) is 0 Å². The summed E-state index contributed by atoms with van der Waals surface area (Å²) in [6, 6.07) is 3.91. The van der Waals surface area contributed by atoms with Gasteiger partial charge in [-0.3, -0.25) is 9.78 Å². The lowest BCUT2D eigenvalue weighted by Gasteiger charge is -2.30. The highest BCUT2D eigenvalue weighted by Crippen LogP contribution is 2.31. The van der Waals surface area contributed by atoms with Crippen molar-refractivity contribution in [1.82, 2.24) is 29.2 Å². The predicted octanol–water partition coefficient (Wildman–Crippen LogP) is 2.15. The second kappa shape index (κ2) is 6.64. The average molecular weight is 364 g/mol. The molecular formula is C20H24N6O. The molecule has 0 saturated heterocycles. The molecule has 3 aromatic rings.